The van der Waals surface area contributed by atoms with Gasteiger partial charge in [0.05, 0.1) is 18.4 Å². The van der Waals surface area contributed by atoms with Gasteiger partial charge in [-0.1, -0.05) is 12.1 Å². The monoisotopic (exact) mass is 382 g/mol. The lowest BCUT2D eigenvalue weighted by atomic mass is 10.1. The summed E-state index contributed by atoms with van der Waals surface area (Å²) in [5.74, 6) is 5.52. The van der Waals surface area contributed by atoms with Crippen LogP contribution in [0.5, 0.6) is 0 Å². The Morgan fingerprint density at radius 2 is 1.96 bits per heavy atom. The third kappa shape index (κ3) is 3.69. The Balaban J connectivity index is 2.00. The van der Waals surface area contributed by atoms with E-state index < -0.39 is 11.8 Å². The molecule has 144 valence electrons. The number of nitrogens with two attached hydrogens (primary N) is 2. The first-order valence-electron chi connectivity index (χ1n) is 8.24. The number of rotatable bonds is 5. The Morgan fingerprint density at radius 3 is 2.57 bits per heavy atom. The van der Waals surface area contributed by atoms with Crippen molar-refractivity contribution in [1.82, 2.24) is 19.5 Å². The molecule has 3 aromatic rings. The molecule has 0 radical (unpaired) electrons. The number of carbonyl (C=O) groups excluding carboxylic acids is 1. The number of hydrazine groups is 1. The summed E-state index contributed by atoms with van der Waals surface area (Å²) in [7, 11) is 2.89. The van der Waals surface area contributed by atoms with Crippen LogP contribution < -0.4 is 11.6 Å². The number of carbonyl (C=O) groups is 1. The molecule has 9 heteroatoms. The molecule has 0 aliphatic carbocycles. The van der Waals surface area contributed by atoms with Crippen LogP contribution in [-0.4, -0.2) is 39.7 Å². The number of pyridine rings is 1. The van der Waals surface area contributed by atoms with Crippen molar-refractivity contribution in [2.45, 2.75) is 0 Å². The minimum atomic E-state index is -0.474. The molecule has 0 unspecified atom stereocenters. The largest absolute Gasteiger partial charge is 0.465 e. The van der Waals surface area contributed by atoms with Gasteiger partial charge in [-0.2, -0.15) is 0 Å². The maximum Gasteiger partial charge on any atom is 0.339 e. The first kappa shape index (κ1) is 19.1. The number of imidazole rings is 1. The highest BCUT2D eigenvalue weighted by Crippen LogP contribution is 2.24. The van der Waals surface area contributed by atoms with Crippen LogP contribution in [0.1, 0.15) is 21.6 Å². The zero-order valence-corrected chi connectivity index (χ0v) is 15.3. The first-order valence-corrected chi connectivity index (χ1v) is 8.24. The topological polar surface area (TPSA) is 112 Å². The average Bonchev–Trinajstić information content (AvgIpc) is 3.17. The summed E-state index contributed by atoms with van der Waals surface area (Å²) < 4.78 is 20.4. The normalized spacial score (nSPS) is 11.7. The van der Waals surface area contributed by atoms with Gasteiger partial charge < -0.3 is 15.5 Å². The standard InChI is InChI=1S/C19H19FN6O2/c1-25(22)18(17(21)13-5-3-4-6-14(13)20)15-10-26(11-24-15)16-8-7-12(9-23-16)19(27)28-2/h3-11H,21-22H2,1-2H3/b18-17-. The van der Waals surface area contributed by atoms with Crippen molar-refractivity contribution in [2.75, 3.05) is 14.2 Å². The molecule has 2 aromatic heterocycles. The van der Waals surface area contributed by atoms with E-state index in [0.29, 0.717) is 22.8 Å². The lowest BCUT2D eigenvalue weighted by molar-refractivity contribution is 0.0600. The Hall–Kier alpha value is -3.72. The highest BCUT2D eigenvalue weighted by Gasteiger charge is 2.17. The minimum absolute atomic E-state index is 0.155. The first-order chi connectivity index (χ1) is 13.4. The molecule has 0 atom stereocenters. The molecule has 0 bridgehead atoms. The Kier molecular flexibility index (Phi) is 5.37. The number of ether oxygens (including phenoxy) is 1. The summed E-state index contributed by atoms with van der Waals surface area (Å²) >= 11 is 0. The van der Waals surface area contributed by atoms with E-state index in [4.69, 9.17) is 11.6 Å². The van der Waals surface area contributed by atoms with E-state index >= 15 is 0 Å². The van der Waals surface area contributed by atoms with Gasteiger partial charge in [0.15, 0.2) is 0 Å². The summed E-state index contributed by atoms with van der Waals surface area (Å²) in [6, 6.07) is 9.39. The molecular formula is C19H19FN6O2. The fraction of sp³-hybridized carbons (Fsp3) is 0.105. The highest BCUT2D eigenvalue weighted by atomic mass is 19.1. The van der Waals surface area contributed by atoms with Crippen LogP contribution in [0.25, 0.3) is 17.2 Å². The van der Waals surface area contributed by atoms with Crippen LogP contribution >= 0.6 is 0 Å². The fourth-order valence-electron chi connectivity index (χ4n) is 2.66. The quantitative estimate of drug-likeness (QED) is 0.393. The van der Waals surface area contributed by atoms with Gasteiger partial charge in [-0.25, -0.2) is 25.0 Å². The number of methoxy groups -OCH3 is 1. The molecule has 2 heterocycles. The van der Waals surface area contributed by atoms with Crippen LogP contribution in [0, 0.1) is 5.82 Å². The zero-order chi connectivity index (χ0) is 20.3. The summed E-state index contributed by atoms with van der Waals surface area (Å²) in [5, 5.41) is 1.28. The molecule has 8 nitrogen and oxygen atoms in total. The predicted molar refractivity (Wildman–Crippen MR) is 102 cm³/mol. The van der Waals surface area contributed by atoms with Gasteiger partial charge in [0.1, 0.15) is 29.4 Å². The minimum Gasteiger partial charge on any atom is -0.465 e. The lowest BCUT2D eigenvalue weighted by Crippen LogP contribution is -2.27. The van der Waals surface area contributed by atoms with Crippen LogP contribution in [-0.2, 0) is 4.74 Å². The molecule has 0 amide bonds. The SMILES string of the molecule is COC(=O)c1ccc(-n2cnc(/C(=C(/N)c3ccccc3F)N(C)N)c2)nc1. The van der Waals surface area contributed by atoms with Gasteiger partial charge in [-0.3, -0.25) is 4.57 Å². The van der Waals surface area contributed by atoms with E-state index in [9.17, 15) is 9.18 Å². The Morgan fingerprint density at radius 1 is 1.21 bits per heavy atom. The van der Waals surface area contributed by atoms with Crippen molar-refractivity contribution in [3.8, 4) is 5.82 Å². The van der Waals surface area contributed by atoms with E-state index in [1.165, 1.54) is 30.7 Å². The average molecular weight is 382 g/mol. The molecule has 3 rings (SSSR count). The van der Waals surface area contributed by atoms with Crippen molar-refractivity contribution in [1.29, 1.82) is 0 Å². The van der Waals surface area contributed by atoms with Crippen LogP contribution in [0.3, 0.4) is 0 Å². The molecule has 1 aromatic carbocycles. The van der Waals surface area contributed by atoms with E-state index in [2.05, 4.69) is 14.7 Å². The Bertz CT molecular complexity index is 1030. The number of halogens is 1. The van der Waals surface area contributed by atoms with E-state index in [1.807, 2.05) is 0 Å². The number of hydrogen-bond donors (Lipinski definition) is 2. The number of hydrogen-bond acceptors (Lipinski definition) is 7. The molecular weight excluding hydrogens is 363 g/mol. The van der Waals surface area contributed by atoms with Gasteiger partial charge in [-0.15, -0.1) is 0 Å². The van der Waals surface area contributed by atoms with Crippen LogP contribution in [0.2, 0.25) is 0 Å². The maximum absolute atomic E-state index is 14.1. The second-order valence-corrected chi connectivity index (χ2v) is 5.92. The van der Waals surface area contributed by atoms with Crippen molar-refractivity contribution in [3.63, 3.8) is 0 Å². The summed E-state index contributed by atoms with van der Waals surface area (Å²) in [6.45, 7) is 0. The van der Waals surface area contributed by atoms with E-state index in [0.717, 1.165) is 0 Å². The summed E-state index contributed by atoms with van der Waals surface area (Å²) in [5.41, 5.74) is 7.70. The smallest absolute Gasteiger partial charge is 0.339 e. The molecule has 4 N–H and O–H groups in total. The molecule has 0 saturated heterocycles. The Labute approximate surface area is 160 Å². The summed E-state index contributed by atoms with van der Waals surface area (Å²) in [4.78, 5) is 20.1. The van der Waals surface area contributed by atoms with Crippen molar-refractivity contribution >= 4 is 17.4 Å². The number of nitrogens with zero attached hydrogens (tertiary/aromatic N) is 4. The molecule has 0 fully saturated rings. The van der Waals surface area contributed by atoms with Gasteiger partial charge in [0.25, 0.3) is 0 Å². The second-order valence-electron chi connectivity index (χ2n) is 5.92. The highest BCUT2D eigenvalue weighted by molar-refractivity contribution is 5.89. The van der Waals surface area contributed by atoms with Gasteiger partial charge in [0, 0.05) is 25.0 Å². The number of esters is 1. The van der Waals surface area contributed by atoms with Crippen molar-refractivity contribution in [3.05, 3.63) is 77.8 Å². The van der Waals surface area contributed by atoms with Gasteiger partial charge in [0.2, 0.25) is 0 Å². The molecule has 28 heavy (non-hydrogen) atoms. The van der Waals surface area contributed by atoms with Gasteiger partial charge in [-0.05, 0) is 24.3 Å². The number of aromatic nitrogens is 3. The van der Waals surface area contributed by atoms with Crippen LogP contribution in [0.4, 0.5) is 4.39 Å². The van der Waals surface area contributed by atoms with Crippen molar-refractivity contribution < 1.29 is 13.9 Å². The number of benzene rings is 1. The lowest BCUT2D eigenvalue weighted by Gasteiger charge is -2.18. The van der Waals surface area contributed by atoms with Crippen molar-refractivity contribution in [2.24, 2.45) is 11.6 Å². The predicted octanol–water partition coefficient (Wildman–Crippen LogP) is 1.78. The molecule has 0 spiro atoms. The zero-order valence-electron chi connectivity index (χ0n) is 15.3. The maximum atomic E-state index is 14.1. The van der Waals surface area contributed by atoms with E-state index in [1.54, 1.807) is 48.1 Å². The second kappa shape index (κ2) is 7.89. The third-order valence-electron chi connectivity index (χ3n) is 4.03. The van der Waals surface area contributed by atoms with E-state index in [-0.39, 0.29) is 11.3 Å². The molecule has 0 aliphatic rings. The fourth-order valence-corrected chi connectivity index (χ4v) is 2.66. The summed E-state index contributed by atoms with van der Waals surface area (Å²) in [6.07, 6.45) is 4.58. The molecule has 0 saturated carbocycles. The third-order valence-corrected chi connectivity index (χ3v) is 4.03. The van der Waals surface area contributed by atoms with Crippen LogP contribution in [0.15, 0.2) is 55.1 Å². The van der Waals surface area contributed by atoms with Gasteiger partial charge >= 0.3 is 5.97 Å². The molecule has 0 aliphatic heterocycles.